The van der Waals surface area contributed by atoms with Gasteiger partial charge in [-0.05, 0) is 49.2 Å². The molecule has 0 aliphatic carbocycles. The smallest absolute Gasteiger partial charge is 0.255 e. The molecule has 3 N–H and O–H groups in total. The minimum atomic E-state index is -0.171. The molecule has 0 atom stereocenters. The minimum absolute atomic E-state index is 0.171. The van der Waals surface area contributed by atoms with E-state index in [0.29, 0.717) is 17.0 Å². The Balaban J connectivity index is 1.86. The summed E-state index contributed by atoms with van der Waals surface area (Å²) in [6.45, 7) is 2.01. The van der Waals surface area contributed by atoms with Gasteiger partial charge >= 0.3 is 0 Å². The summed E-state index contributed by atoms with van der Waals surface area (Å²) in [5.74, 6) is 0.486. The molecule has 2 aromatic rings. The Hall–Kier alpha value is -2.69. The van der Waals surface area contributed by atoms with Crippen LogP contribution in [0.5, 0.6) is 5.75 Å². The van der Waals surface area contributed by atoms with Crippen LogP contribution in [-0.2, 0) is 0 Å². The molecule has 0 saturated carbocycles. The molecule has 1 aliphatic rings. The molecule has 1 saturated heterocycles. The third-order valence-electron chi connectivity index (χ3n) is 4.05. The molecule has 0 unspecified atom stereocenters. The van der Waals surface area contributed by atoms with Crippen LogP contribution in [0.4, 0.5) is 17.1 Å². The van der Waals surface area contributed by atoms with Crippen molar-refractivity contribution in [2.45, 2.75) is 12.8 Å². The first-order chi connectivity index (χ1) is 11.2. The molecule has 1 heterocycles. The van der Waals surface area contributed by atoms with E-state index < -0.39 is 0 Å². The number of hydrogen-bond acceptors (Lipinski definition) is 4. The predicted octanol–water partition coefficient (Wildman–Crippen LogP) is 3.13. The Labute approximate surface area is 136 Å². The monoisotopic (exact) mass is 311 g/mol. The van der Waals surface area contributed by atoms with Crippen molar-refractivity contribution >= 4 is 23.0 Å². The number of anilines is 3. The van der Waals surface area contributed by atoms with Gasteiger partial charge < -0.3 is 20.7 Å². The van der Waals surface area contributed by atoms with E-state index in [4.69, 9.17) is 10.5 Å². The van der Waals surface area contributed by atoms with Crippen molar-refractivity contribution in [3.8, 4) is 5.75 Å². The second-order valence-electron chi connectivity index (χ2n) is 5.66. The van der Waals surface area contributed by atoms with Crippen molar-refractivity contribution in [3.63, 3.8) is 0 Å². The molecule has 0 radical (unpaired) electrons. The molecule has 1 aliphatic heterocycles. The molecule has 2 aromatic carbocycles. The van der Waals surface area contributed by atoms with Crippen molar-refractivity contribution in [1.29, 1.82) is 0 Å². The number of carbonyl (C=O) groups is 1. The average molecular weight is 311 g/mol. The molecular formula is C18H21N3O2. The highest BCUT2D eigenvalue weighted by atomic mass is 16.5. The summed E-state index contributed by atoms with van der Waals surface area (Å²) in [5, 5.41) is 2.98. The number of ether oxygens (including phenoxy) is 1. The number of benzene rings is 2. The molecular weight excluding hydrogens is 290 g/mol. The summed E-state index contributed by atoms with van der Waals surface area (Å²) < 4.78 is 5.17. The maximum absolute atomic E-state index is 12.5. The molecule has 23 heavy (non-hydrogen) atoms. The molecule has 0 bridgehead atoms. The SMILES string of the molecule is COc1cccc(C(=O)Nc2cc(N)ccc2N2CCCC2)c1. The standard InChI is InChI=1S/C18H21N3O2/c1-23-15-6-4-5-13(11-15)18(22)20-16-12-14(19)7-8-17(16)21-9-2-3-10-21/h4-8,11-12H,2-3,9-10,19H2,1H3,(H,20,22). The van der Waals surface area contributed by atoms with Crippen molar-refractivity contribution in [2.75, 3.05) is 36.1 Å². The van der Waals surface area contributed by atoms with Crippen LogP contribution in [0.25, 0.3) is 0 Å². The second kappa shape index (κ2) is 6.60. The summed E-state index contributed by atoms with van der Waals surface area (Å²) in [7, 11) is 1.58. The fourth-order valence-electron chi connectivity index (χ4n) is 2.85. The summed E-state index contributed by atoms with van der Waals surface area (Å²) in [6, 6.07) is 12.8. The first-order valence-electron chi connectivity index (χ1n) is 7.77. The zero-order valence-electron chi connectivity index (χ0n) is 13.2. The Morgan fingerprint density at radius 3 is 2.70 bits per heavy atom. The van der Waals surface area contributed by atoms with Gasteiger partial charge in [-0.1, -0.05) is 6.07 Å². The van der Waals surface area contributed by atoms with Crippen molar-refractivity contribution < 1.29 is 9.53 Å². The number of carbonyl (C=O) groups excluding carboxylic acids is 1. The molecule has 120 valence electrons. The number of methoxy groups -OCH3 is 1. The van der Waals surface area contributed by atoms with E-state index in [-0.39, 0.29) is 5.91 Å². The fourth-order valence-corrected chi connectivity index (χ4v) is 2.85. The lowest BCUT2D eigenvalue weighted by Crippen LogP contribution is -2.21. The average Bonchev–Trinajstić information content (AvgIpc) is 3.09. The first-order valence-corrected chi connectivity index (χ1v) is 7.77. The van der Waals surface area contributed by atoms with Gasteiger partial charge in [-0.2, -0.15) is 0 Å². The topological polar surface area (TPSA) is 67.6 Å². The van der Waals surface area contributed by atoms with E-state index in [1.54, 1.807) is 25.3 Å². The number of amides is 1. The van der Waals surface area contributed by atoms with Crippen LogP contribution in [0.1, 0.15) is 23.2 Å². The first kappa shape index (κ1) is 15.2. The molecule has 0 spiro atoms. The number of rotatable bonds is 4. The van der Waals surface area contributed by atoms with Gasteiger partial charge in [0.2, 0.25) is 0 Å². The van der Waals surface area contributed by atoms with Crippen LogP contribution in [-0.4, -0.2) is 26.1 Å². The van der Waals surface area contributed by atoms with E-state index in [1.807, 2.05) is 24.3 Å². The lowest BCUT2D eigenvalue weighted by molar-refractivity contribution is 0.102. The molecule has 5 heteroatoms. The Morgan fingerprint density at radius 1 is 1.17 bits per heavy atom. The van der Waals surface area contributed by atoms with Crippen molar-refractivity contribution in [1.82, 2.24) is 0 Å². The van der Waals surface area contributed by atoms with Gasteiger partial charge in [-0.15, -0.1) is 0 Å². The highest BCUT2D eigenvalue weighted by Gasteiger charge is 2.17. The normalized spacial score (nSPS) is 13.9. The highest BCUT2D eigenvalue weighted by Crippen LogP contribution is 2.31. The van der Waals surface area contributed by atoms with E-state index in [9.17, 15) is 4.79 Å². The Morgan fingerprint density at radius 2 is 1.96 bits per heavy atom. The molecule has 3 rings (SSSR count). The number of nitrogens with zero attached hydrogens (tertiary/aromatic N) is 1. The maximum atomic E-state index is 12.5. The minimum Gasteiger partial charge on any atom is -0.497 e. The Bertz CT molecular complexity index is 709. The van der Waals surface area contributed by atoms with E-state index in [1.165, 1.54) is 12.8 Å². The summed E-state index contributed by atoms with van der Waals surface area (Å²) in [5.41, 5.74) is 8.86. The van der Waals surface area contributed by atoms with Crippen molar-refractivity contribution in [2.24, 2.45) is 0 Å². The number of hydrogen-bond donors (Lipinski definition) is 2. The lowest BCUT2D eigenvalue weighted by atomic mass is 10.1. The van der Waals surface area contributed by atoms with Gasteiger partial charge in [0.05, 0.1) is 18.5 Å². The second-order valence-corrected chi connectivity index (χ2v) is 5.66. The van der Waals surface area contributed by atoms with E-state index in [0.717, 1.165) is 24.5 Å². The van der Waals surface area contributed by atoms with E-state index in [2.05, 4.69) is 10.2 Å². The van der Waals surface area contributed by atoms with E-state index >= 15 is 0 Å². The highest BCUT2D eigenvalue weighted by molar-refractivity contribution is 6.06. The van der Waals surface area contributed by atoms with Gasteiger partial charge in [0.15, 0.2) is 0 Å². The quantitative estimate of drug-likeness (QED) is 0.851. The van der Waals surface area contributed by atoms with Gasteiger partial charge in [-0.3, -0.25) is 4.79 Å². The number of nitrogens with two attached hydrogens (primary N) is 1. The van der Waals surface area contributed by atoms with Crippen LogP contribution >= 0.6 is 0 Å². The maximum Gasteiger partial charge on any atom is 0.255 e. The van der Waals surface area contributed by atoms with Crippen molar-refractivity contribution in [3.05, 3.63) is 48.0 Å². The zero-order valence-corrected chi connectivity index (χ0v) is 13.2. The third kappa shape index (κ3) is 3.39. The zero-order chi connectivity index (χ0) is 16.2. The Kier molecular flexibility index (Phi) is 4.37. The third-order valence-corrected chi connectivity index (χ3v) is 4.05. The van der Waals surface area contributed by atoms with Crippen LogP contribution in [0.15, 0.2) is 42.5 Å². The predicted molar refractivity (Wildman–Crippen MR) is 93.2 cm³/mol. The van der Waals surface area contributed by atoms with Crippen LogP contribution < -0.4 is 20.7 Å². The van der Waals surface area contributed by atoms with Crippen LogP contribution in [0.2, 0.25) is 0 Å². The number of nitrogens with one attached hydrogen (secondary N) is 1. The molecule has 5 nitrogen and oxygen atoms in total. The van der Waals surface area contributed by atoms with Gasteiger partial charge in [0.25, 0.3) is 5.91 Å². The largest absolute Gasteiger partial charge is 0.497 e. The van der Waals surface area contributed by atoms with Gasteiger partial charge in [0.1, 0.15) is 5.75 Å². The fraction of sp³-hybridized carbons (Fsp3) is 0.278. The number of nitrogen functional groups attached to an aromatic ring is 1. The molecule has 1 fully saturated rings. The van der Waals surface area contributed by atoms with Crippen LogP contribution in [0, 0.1) is 0 Å². The molecule has 1 amide bonds. The molecule has 0 aromatic heterocycles. The van der Waals surface area contributed by atoms with Gasteiger partial charge in [-0.25, -0.2) is 0 Å². The summed E-state index contributed by atoms with van der Waals surface area (Å²) in [4.78, 5) is 14.8. The van der Waals surface area contributed by atoms with Gasteiger partial charge in [0, 0.05) is 24.3 Å². The lowest BCUT2D eigenvalue weighted by Gasteiger charge is -2.22. The summed E-state index contributed by atoms with van der Waals surface area (Å²) >= 11 is 0. The van der Waals surface area contributed by atoms with Crippen LogP contribution in [0.3, 0.4) is 0 Å². The summed E-state index contributed by atoms with van der Waals surface area (Å²) in [6.07, 6.45) is 2.35.